The first-order chi connectivity index (χ1) is 12.2. The zero-order chi connectivity index (χ0) is 19.3. The molecule has 0 saturated carbocycles. The van der Waals surface area contributed by atoms with E-state index in [0.29, 0.717) is 18.1 Å². The van der Waals surface area contributed by atoms with E-state index in [1.54, 1.807) is 4.90 Å². The molecule has 1 aliphatic rings. The second kappa shape index (κ2) is 9.07. The monoisotopic (exact) mass is 383 g/mol. The Balaban J connectivity index is 2.19. The molecule has 1 aromatic rings. The number of amides is 1. The molecule has 1 saturated heterocycles. The minimum Gasteiger partial charge on any atom is -0.444 e. The number of carbonyl (C=O) groups is 1. The Labute approximate surface area is 161 Å². The van der Waals surface area contributed by atoms with E-state index in [4.69, 9.17) is 21.1 Å². The van der Waals surface area contributed by atoms with Crippen LogP contribution in [0.2, 0.25) is 5.02 Å². The summed E-state index contributed by atoms with van der Waals surface area (Å²) < 4.78 is 11.5. The van der Waals surface area contributed by atoms with Crippen LogP contribution in [-0.2, 0) is 9.47 Å². The first kappa shape index (κ1) is 21.0. The summed E-state index contributed by atoms with van der Waals surface area (Å²) in [7, 11) is 0. The highest BCUT2D eigenvalue weighted by molar-refractivity contribution is 6.30. The van der Waals surface area contributed by atoms with Crippen molar-refractivity contribution in [3.8, 4) is 0 Å². The van der Waals surface area contributed by atoms with Crippen molar-refractivity contribution in [3.63, 3.8) is 0 Å². The number of hydrogen-bond acceptors (Lipinski definition) is 4. The summed E-state index contributed by atoms with van der Waals surface area (Å²) in [4.78, 5) is 14.2. The summed E-state index contributed by atoms with van der Waals surface area (Å²) >= 11 is 6.20. The fourth-order valence-corrected chi connectivity index (χ4v) is 3.51. The summed E-state index contributed by atoms with van der Waals surface area (Å²) in [5.41, 5.74) is 1.59. The normalized spacial score (nSPS) is 19.3. The van der Waals surface area contributed by atoms with Crippen LogP contribution in [0, 0.1) is 12.8 Å². The molecule has 26 heavy (non-hydrogen) atoms. The van der Waals surface area contributed by atoms with Crippen molar-refractivity contribution in [3.05, 3.63) is 34.3 Å². The van der Waals surface area contributed by atoms with E-state index in [1.165, 1.54) is 0 Å². The zero-order valence-corrected chi connectivity index (χ0v) is 16.9. The van der Waals surface area contributed by atoms with Gasteiger partial charge < -0.3 is 19.5 Å². The first-order valence-electron chi connectivity index (χ1n) is 9.17. The molecule has 1 amide bonds. The van der Waals surface area contributed by atoms with Gasteiger partial charge in [0.15, 0.2) is 0 Å². The van der Waals surface area contributed by atoms with Gasteiger partial charge in [-0.3, -0.25) is 0 Å². The van der Waals surface area contributed by atoms with Crippen LogP contribution in [0.5, 0.6) is 0 Å². The van der Waals surface area contributed by atoms with Gasteiger partial charge in [-0.2, -0.15) is 0 Å². The molecule has 1 unspecified atom stereocenters. The molecule has 1 N–H and O–H groups in total. The smallest absolute Gasteiger partial charge is 0.410 e. The molecule has 146 valence electrons. The van der Waals surface area contributed by atoms with Gasteiger partial charge in [-0.15, -0.1) is 0 Å². The van der Waals surface area contributed by atoms with Crippen molar-refractivity contribution in [1.82, 2.24) is 4.90 Å². The molecule has 0 aromatic heterocycles. The van der Waals surface area contributed by atoms with Crippen molar-refractivity contribution in [1.29, 1.82) is 0 Å². The number of benzene rings is 1. The molecule has 2 atom stereocenters. The number of likely N-dealkylation sites (tertiary alicyclic amines) is 1. The van der Waals surface area contributed by atoms with Crippen molar-refractivity contribution in [2.24, 2.45) is 5.92 Å². The Morgan fingerprint density at radius 2 is 2.15 bits per heavy atom. The van der Waals surface area contributed by atoms with E-state index in [2.05, 4.69) is 0 Å². The molecule has 0 bridgehead atoms. The average Bonchev–Trinajstić information content (AvgIpc) is 2.57. The molecule has 1 fully saturated rings. The lowest BCUT2D eigenvalue weighted by Crippen LogP contribution is -2.44. The number of ether oxygens (including phenoxy) is 2. The van der Waals surface area contributed by atoms with Gasteiger partial charge in [0.1, 0.15) is 5.60 Å². The highest BCUT2D eigenvalue weighted by Gasteiger charge is 2.33. The first-order valence-corrected chi connectivity index (χ1v) is 9.55. The van der Waals surface area contributed by atoms with E-state index in [-0.39, 0.29) is 31.3 Å². The maximum Gasteiger partial charge on any atom is 0.410 e. The molecule has 1 aliphatic heterocycles. The van der Waals surface area contributed by atoms with Gasteiger partial charge in [-0.05, 0) is 63.8 Å². The van der Waals surface area contributed by atoms with E-state index >= 15 is 0 Å². The fourth-order valence-electron chi connectivity index (χ4n) is 3.33. The molecule has 6 heteroatoms. The van der Waals surface area contributed by atoms with Gasteiger partial charge in [0.2, 0.25) is 0 Å². The quantitative estimate of drug-likeness (QED) is 0.821. The predicted molar refractivity (Wildman–Crippen MR) is 102 cm³/mol. The molecule has 2 rings (SSSR count). The minimum atomic E-state index is -0.514. The third kappa shape index (κ3) is 5.86. The van der Waals surface area contributed by atoms with Gasteiger partial charge in [-0.1, -0.05) is 17.7 Å². The van der Waals surface area contributed by atoms with Crippen LogP contribution in [0.25, 0.3) is 0 Å². The molecule has 5 nitrogen and oxygen atoms in total. The number of aliphatic hydroxyl groups excluding tert-OH is 1. The largest absolute Gasteiger partial charge is 0.444 e. The molecule has 1 aromatic carbocycles. The van der Waals surface area contributed by atoms with E-state index in [0.717, 1.165) is 24.0 Å². The Morgan fingerprint density at radius 3 is 2.81 bits per heavy atom. The molecular formula is C20H30ClNO4. The summed E-state index contributed by atoms with van der Waals surface area (Å²) in [6, 6.07) is 5.75. The minimum absolute atomic E-state index is 0.0430. The third-order valence-electron chi connectivity index (χ3n) is 4.47. The molecular weight excluding hydrogens is 354 g/mol. The lowest BCUT2D eigenvalue weighted by Gasteiger charge is -2.38. The Kier molecular flexibility index (Phi) is 7.33. The average molecular weight is 384 g/mol. The maximum atomic E-state index is 12.5. The fraction of sp³-hybridized carbons (Fsp3) is 0.650. The second-order valence-electron chi connectivity index (χ2n) is 7.84. The maximum absolute atomic E-state index is 12.5. The number of nitrogens with zero attached hydrogens (tertiary/aromatic N) is 1. The van der Waals surface area contributed by atoms with Crippen LogP contribution in [-0.4, -0.2) is 48.0 Å². The number of piperidine rings is 1. The summed E-state index contributed by atoms with van der Waals surface area (Å²) in [6.45, 7) is 9.09. The van der Waals surface area contributed by atoms with Gasteiger partial charge in [0.25, 0.3) is 0 Å². The SMILES string of the molecule is Cc1ccc(Cl)cc1[C@H](OCCO)C1CCCN(C(=O)OC(C)(C)C)C1. The van der Waals surface area contributed by atoms with Gasteiger partial charge >= 0.3 is 6.09 Å². The highest BCUT2D eigenvalue weighted by Crippen LogP contribution is 2.36. The molecule has 0 aliphatic carbocycles. The standard InChI is InChI=1S/C20H30ClNO4/c1-14-7-8-16(21)12-17(14)18(25-11-10-23)15-6-5-9-22(13-15)19(24)26-20(2,3)4/h7-8,12,15,18,23H,5-6,9-11,13H2,1-4H3/t15?,18-/m1/s1. The Bertz CT molecular complexity index is 614. The number of aliphatic hydroxyl groups is 1. The van der Waals surface area contributed by atoms with E-state index in [9.17, 15) is 9.90 Å². The molecule has 0 spiro atoms. The molecule has 1 heterocycles. The predicted octanol–water partition coefficient (Wildman–Crippen LogP) is 4.35. The Morgan fingerprint density at radius 1 is 1.42 bits per heavy atom. The van der Waals surface area contributed by atoms with Crippen LogP contribution >= 0.6 is 11.6 Å². The van der Waals surface area contributed by atoms with Crippen LogP contribution in [0.15, 0.2) is 18.2 Å². The van der Waals surface area contributed by atoms with Crippen LogP contribution < -0.4 is 0 Å². The topological polar surface area (TPSA) is 59.0 Å². The third-order valence-corrected chi connectivity index (χ3v) is 4.71. The van der Waals surface area contributed by atoms with Gasteiger partial charge in [-0.25, -0.2) is 4.79 Å². The number of aryl methyl sites for hydroxylation is 1. The van der Waals surface area contributed by atoms with E-state index in [1.807, 2.05) is 45.9 Å². The lowest BCUT2D eigenvalue weighted by atomic mass is 9.86. The zero-order valence-electron chi connectivity index (χ0n) is 16.1. The van der Waals surface area contributed by atoms with Crippen LogP contribution in [0.1, 0.15) is 50.8 Å². The van der Waals surface area contributed by atoms with Crippen molar-refractivity contribution in [2.45, 2.75) is 52.2 Å². The van der Waals surface area contributed by atoms with Crippen LogP contribution in [0.3, 0.4) is 0 Å². The number of rotatable bonds is 5. The number of halogens is 1. The highest BCUT2D eigenvalue weighted by atomic mass is 35.5. The van der Waals surface area contributed by atoms with Crippen molar-refractivity contribution in [2.75, 3.05) is 26.3 Å². The number of hydrogen-bond donors (Lipinski definition) is 1. The van der Waals surface area contributed by atoms with Gasteiger partial charge in [0, 0.05) is 24.0 Å². The van der Waals surface area contributed by atoms with Crippen molar-refractivity contribution >= 4 is 17.7 Å². The lowest BCUT2D eigenvalue weighted by molar-refractivity contribution is -0.0350. The summed E-state index contributed by atoms with van der Waals surface area (Å²) in [5.74, 6) is 0.125. The number of carbonyl (C=O) groups excluding carboxylic acids is 1. The second-order valence-corrected chi connectivity index (χ2v) is 8.28. The van der Waals surface area contributed by atoms with E-state index < -0.39 is 5.60 Å². The molecule has 0 radical (unpaired) electrons. The Hall–Kier alpha value is -1.30. The van der Waals surface area contributed by atoms with Crippen LogP contribution in [0.4, 0.5) is 4.79 Å². The van der Waals surface area contributed by atoms with Gasteiger partial charge in [0.05, 0.1) is 19.3 Å². The summed E-state index contributed by atoms with van der Waals surface area (Å²) in [6.07, 6.45) is 1.33. The van der Waals surface area contributed by atoms with Crippen molar-refractivity contribution < 1.29 is 19.4 Å². The summed E-state index contributed by atoms with van der Waals surface area (Å²) in [5, 5.41) is 9.87.